The highest BCUT2D eigenvalue weighted by Gasteiger charge is 2.10. The third kappa shape index (κ3) is 5.02. The Kier molecular flexibility index (Phi) is 7.09. The Morgan fingerprint density at radius 3 is 2.42 bits per heavy atom. The number of halogens is 1. The van der Waals surface area contributed by atoms with Crippen molar-refractivity contribution in [1.82, 2.24) is 0 Å². The van der Waals surface area contributed by atoms with Crippen LogP contribution in [0.2, 0.25) is 0 Å². The minimum Gasteiger partial charge on any atom is -0.462 e. The van der Waals surface area contributed by atoms with Crippen molar-refractivity contribution in [2.75, 3.05) is 23.9 Å². The number of rotatable bonds is 6. The van der Waals surface area contributed by atoms with Crippen LogP contribution in [0.15, 0.2) is 65.2 Å². The molecule has 0 spiro atoms. The van der Waals surface area contributed by atoms with Gasteiger partial charge in [0.25, 0.3) is 0 Å². The van der Waals surface area contributed by atoms with Crippen LogP contribution in [0, 0.1) is 22.7 Å². The molecule has 0 N–H and O–H groups in total. The van der Waals surface area contributed by atoms with Gasteiger partial charge in [-0.15, -0.1) is 11.6 Å². The number of hydrogen-bond donors (Lipinski definition) is 0. The van der Waals surface area contributed by atoms with Crippen LogP contribution in [0.1, 0.15) is 19.4 Å². The molecule has 0 amide bonds. The predicted octanol–water partition coefficient (Wildman–Crippen LogP) is 4.93. The van der Waals surface area contributed by atoms with Gasteiger partial charge in [-0.25, -0.2) is 0 Å². The zero-order chi connectivity index (χ0) is 18.9. The second-order valence-corrected chi connectivity index (χ2v) is 6.03. The quantitative estimate of drug-likeness (QED) is 0.530. The van der Waals surface area contributed by atoms with E-state index >= 15 is 0 Å². The highest BCUT2D eigenvalue weighted by atomic mass is 35.5. The van der Waals surface area contributed by atoms with Gasteiger partial charge in [0.2, 0.25) is 0 Å². The molecular weight excluding hydrogens is 346 g/mol. The number of nitriles is 2. The average Bonchev–Trinajstić information content (AvgIpc) is 2.65. The standard InChI is InChI=1S/C21H20ClN3O/c1-3-25(11-10-22)20-7-4-17(5-8-20)6-9-21-13-18(12-16(2)26-21)19(14-23)15-24/h4-9,12-13H,3,10-11H2,1-2H3. The Labute approximate surface area is 159 Å². The smallest absolute Gasteiger partial charge is 0.137 e. The SMILES string of the molecule is CCN(CCCl)c1ccc(C=CC2=CC(=C(C#N)C#N)C=C(C)O2)cc1. The van der Waals surface area contributed by atoms with E-state index in [2.05, 4.69) is 24.0 Å². The summed E-state index contributed by atoms with van der Waals surface area (Å²) in [6.45, 7) is 5.61. The monoisotopic (exact) mass is 365 g/mol. The molecule has 0 fully saturated rings. The Morgan fingerprint density at radius 2 is 1.85 bits per heavy atom. The average molecular weight is 366 g/mol. The lowest BCUT2D eigenvalue weighted by Gasteiger charge is -2.21. The van der Waals surface area contributed by atoms with Crippen molar-refractivity contribution in [3.8, 4) is 12.1 Å². The Morgan fingerprint density at radius 1 is 1.15 bits per heavy atom. The molecule has 0 unspecified atom stereocenters. The second kappa shape index (κ2) is 9.51. The van der Waals surface area contributed by atoms with Crippen LogP contribution >= 0.6 is 11.6 Å². The molecule has 1 aromatic rings. The van der Waals surface area contributed by atoms with E-state index in [9.17, 15) is 0 Å². The molecule has 1 heterocycles. The summed E-state index contributed by atoms with van der Waals surface area (Å²) in [5, 5.41) is 18.1. The van der Waals surface area contributed by atoms with Gasteiger partial charge in [-0.05, 0) is 49.8 Å². The molecule has 0 aliphatic carbocycles. The van der Waals surface area contributed by atoms with Gasteiger partial charge in [0.05, 0.1) is 0 Å². The third-order valence-electron chi connectivity index (χ3n) is 3.88. The molecule has 0 saturated carbocycles. The molecule has 0 aromatic heterocycles. The molecule has 26 heavy (non-hydrogen) atoms. The van der Waals surface area contributed by atoms with E-state index in [0.717, 1.165) is 24.3 Å². The van der Waals surface area contributed by atoms with Gasteiger partial charge in [0.1, 0.15) is 29.2 Å². The first-order valence-electron chi connectivity index (χ1n) is 8.32. The minimum atomic E-state index is 0.0712. The van der Waals surface area contributed by atoms with Crippen molar-refractivity contribution in [3.63, 3.8) is 0 Å². The van der Waals surface area contributed by atoms with E-state index in [1.54, 1.807) is 19.1 Å². The number of allylic oxidation sites excluding steroid dienone is 6. The number of anilines is 1. The Balaban J connectivity index is 2.18. The second-order valence-electron chi connectivity index (χ2n) is 5.65. The fourth-order valence-corrected chi connectivity index (χ4v) is 2.79. The summed E-state index contributed by atoms with van der Waals surface area (Å²) in [4.78, 5) is 2.21. The number of alkyl halides is 1. The lowest BCUT2D eigenvalue weighted by Crippen LogP contribution is -2.24. The van der Waals surface area contributed by atoms with Gasteiger partial charge in [-0.3, -0.25) is 0 Å². The fraction of sp³-hybridized carbons (Fsp3) is 0.238. The van der Waals surface area contributed by atoms with Crippen LogP contribution in [0.25, 0.3) is 6.08 Å². The number of hydrogen-bond acceptors (Lipinski definition) is 4. The zero-order valence-electron chi connectivity index (χ0n) is 14.9. The molecule has 0 bridgehead atoms. The van der Waals surface area contributed by atoms with E-state index in [1.807, 2.05) is 36.4 Å². The van der Waals surface area contributed by atoms with Gasteiger partial charge in [-0.1, -0.05) is 18.2 Å². The van der Waals surface area contributed by atoms with Gasteiger partial charge >= 0.3 is 0 Å². The maximum absolute atomic E-state index is 9.03. The topological polar surface area (TPSA) is 60.0 Å². The summed E-state index contributed by atoms with van der Waals surface area (Å²) in [6, 6.07) is 12.0. The van der Waals surface area contributed by atoms with Crippen molar-refractivity contribution in [1.29, 1.82) is 10.5 Å². The summed E-state index contributed by atoms with van der Waals surface area (Å²) in [5.74, 6) is 1.82. The van der Waals surface area contributed by atoms with Crippen molar-refractivity contribution >= 4 is 23.4 Å². The molecule has 0 radical (unpaired) electrons. The first-order valence-corrected chi connectivity index (χ1v) is 8.86. The van der Waals surface area contributed by atoms with E-state index in [1.165, 1.54) is 0 Å². The molecule has 0 atom stereocenters. The Hall–Kier alpha value is -2.95. The van der Waals surface area contributed by atoms with Crippen molar-refractivity contribution < 1.29 is 4.74 Å². The largest absolute Gasteiger partial charge is 0.462 e. The summed E-state index contributed by atoms with van der Waals surface area (Å²) in [6.07, 6.45) is 7.14. The van der Waals surface area contributed by atoms with Gasteiger partial charge in [-0.2, -0.15) is 10.5 Å². The Bertz CT molecular complexity index is 833. The number of benzene rings is 1. The highest BCUT2D eigenvalue weighted by molar-refractivity contribution is 6.18. The molecule has 5 heteroatoms. The molecule has 0 saturated heterocycles. The summed E-state index contributed by atoms with van der Waals surface area (Å²) >= 11 is 5.84. The van der Waals surface area contributed by atoms with Crippen LogP contribution in [0.3, 0.4) is 0 Å². The third-order valence-corrected chi connectivity index (χ3v) is 4.05. The maximum atomic E-state index is 9.03. The maximum Gasteiger partial charge on any atom is 0.137 e. The molecule has 4 nitrogen and oxygen atoms in total. The van der Waals surface area contributed by atoms with Crippen LogP contribution in [-0.4, -0.2) is 19.0 Å². The molecule has 1 aliphatic rings. The first kappa shape index (κ1) is 19.4. The summed E-state index contributed by atoms with van der Waals surface area (Å²) < 4.78 is 5.65. The van der Waals surface area contributed by atoms with E-state index in [4.69, 9.17) is 26.9 Å². The van der Waals surface area contributed by atoms with Crippen LogP contribution in [-0.2, 0) is 4.74 Å². The van der Waals surface area contributed by atoms with Crippen molar-refractivity contribution in [2.24, 2.45) is 0 Å². The molecule has 132 valence electrons. The van der Waals surface area contributed by atoms with Crippen molar-refractivity contribution in [3.05, 3.63) is 70.7 Å². The van der Waals surface area contributed by atoms with Crippen LogP contribution < -0.4 is 4.90 Å². The first-order chi connectivity index (χ1) is 12.6. The molecular formula is C21H20ClN3O. The molecule has 1 aliphatic heterocycles. The van der Waals surface area contributed by atoms with E-state index in [-0.39, 0.29) is 5.57 Å². The lowest BCUT2D eigenvalue weighted by molar-refractivity contribution is 0.318. The lowest BCUT2D eigenvalue weighted by atomic mass is 10.1. The van der Waals surface area contributed by atoms with E-state index < -0.39 is 0 Å². The van der Waals surface area contributed by atoms with Crippen LogP contribution in [0.5, 0.6) is 0 Å². The zero-order valence-corrected chi connectivity index (χ0v) is 15.6. The number of nitrogens with zero attached hydrogens (tertiary/aromatic N) is 3. The minimum absolute atomic E-state index is 0.0712. The van der Waals surface area contributed by atoms with Crippen molar-refractivity contribution in [2.45, 2.75) is 13.8 Å². The van der Waals surface area contributed by atoms with Gasteiger partial charge in [0.15, 0.2) is 0 Å². The molecule has 2 rings (SSSR count). The van der Waals surface area contributed by atoms with Crippen LogP contribution in [0.4, 0.5) is 5.69 Å². The van der Waals surface area contributed by atoms with Gasteiger partial charge < -0.3 is 9.64 Å². The number of ether oxygens (including phenoxy) is 1. The predicted molar refractivity (Wildman–Crippen MR) is 105 cm³/mol. The van der Waals surface area contributed by atoms with E-state index in [0.29, 0.717) is 23.0 Å². The molecule has 1 aromatic carbocycles. The summed E-state index contributed by atoms with van der Waals surface area (Å²) in [5.41, 5.74) is 2.80. The summed E-state index contributed by atoms with van der Waals surface area (Å²) in [7, 11) is 0. The fourth-order valence-electron chi connectivity index (χ4n) is 2.59. The van der Waals surface area contributed by atoms with Gasteiger partial charge in [0, 0.05) is 30.2 Å². The normalized spacial score (nSPS) is 13.3. The highest BCUT2D eigenvalue weighted by Crippen LogP contribution is 2.23.